The number of ether oxygens (including phenoxy) is 3. The molecule has 2 atom stereocenters. The molecule has 1 unspecified atom stereocenters. The molecule has 1 aliphatic heterocycles. The highest BCUT2D eigenvalue weighted by atomic mass is 35.5. The number of hydrogen-bond donors (Lipinski definition) is 2. The Kier molecular flexibility index (Phi) is 9.59. The van der Waals surface area contributed by atoms with Gasteiger partial charge in [0, 0.05) is 30.7 Å². The van der Waals surface area contributed by atoms with Crippen LogP contribution in [0.3, 0.4) is 0 Å². The van der Waals surface area contributed by atoms with Crippen molar-refractivity contribution in [2.75, 3.05) is 26.3 Å². The summed E-state index contributed by atoms with van der Waals surface area (Å²) in [7, 11) is 0. The van der Waals surface area contributed by atoms with Crippen LogP contribution in [0.1, 0.15) is 50.5 Å². The van der Waals surface area contributed by atoms with Crippen molar-refractivity contribution >= 4 is 23.7 Å². The SMILES string of the molecule is CCOC(=O)COc1ccc2c(c1)CC(NC[C@H](O)c1cccc(Cl)c1)CN(C(=O)OC(C)(C)C)C2. The monoisotopic (exact) mass is 518 g/mol. The number of carbonyl (C=O) groups is 2. The first kappa shape index (κ1) is 27.8. The van der Waals surface area contributed by atoms with Gasteiger partial charge in [0.2, 0.25) is 0 Å². The fraction of sp³-hybridized carbons (Fsp3) is 0.481. The van der Waals surface area contributed by atoms with Crippen LogP contribution in [0.2, 0.25) is 5.02 Å². The van der Waals surface area contributed by atoms with Crippen molar-refractivity contribution in [2.24, 2.45) is 0 Å². The fourth-order valence-corrected chi connectivity index (χ4v) is 4.16. The van der Waals surface area contributed by atoms with Crippen molar-refractivity contribution in [3.63, 3.8) is 0 Å². The lowest BCUT2D eigenvalue weighted by Gasteiger charge is -2.29. The lowest BCUT2D eigenvalue weighted by atomic mass is 10.0. The summed E-state index contributed by atoms with van der Waals surface area (Å²) in [6.07, 6.45) is -0.575. The van der Waals surface area contributed by atoms with Crippen molar-refractivity contribution in [3.8, 4) is 5.75 Å². The first-order valence-corrected chi connectivity index (χ1v) is 12.5. The van der Waals surface area contributed by atoms with Crippen LogP contribution in [-0.4, -0.2) is 60.0 Å². The van der Waals surface area contributed by atoms with Crippen molar-refractivity contribution in [3.05, 3.63) is 64.2 Å². The van der Waals surface area contributed by atoms with E-state index < -0.39 is 23.8 Å². The third-order valence-corrected chi connectivity index (χ3v) is 5.83. The van der Waals surface area contributed by atoms with Gasteiger partial charge in [0.05, 0.1) is 12.7 Å². The van der Waals surface area contributed by atoms with Gasteiger partial charge in [-0.05, 0) is 75.1 Å². The van der Waals surface area contributed by atoms with Crippen LogP contribution in [0.5, 0.6) is 5.75 Å². The zero-order valence-corrected chi connectivity index (χ0v) is 22.0. The maximum atomic E-state index is 13.0. The number of esters is 1. The van der Waals surface area contributed by atoms with E-state index >= 15 is 0 Å². The molecule has 196 valence electrons. The first-order valence-electron chi connectivity index (χ1n) is 12.1. The standard InChI is InChI=1S/C27H35ClN2O6/c1-5-34-25(32)17-35-23-10-9-19-15-30(26(33)36-27(2,3)4)16-22(12-20(19)13-23)29-14-24(31)18-7-6-8-21(28)11-18/h6-11,13,22,24,29,31H,5,12,14-17H2,1-4H3/t22?,24-/m0/s1. The highest BCUT2D eigenvalue weighted by Crippen LogP contribution is 2.26. The smallest absolute Gasteiger partial charge is 0.410 e. The van der Waals surface area contributed by atoms with Crippen LogP contribution in [0, 0.1) is 0 Å². The molecule has 0 radical (unpaired) electrons. The Hall–Kier alpha value is -2.81. The number of fused-ring (bicyclic) bond motifs is 1. The molecule has 9 heteroatoms. The molecule has 0 saturated heterocycles. The Morgan fingerprint density at radius 2 is 1.97 bits per heavy atom. The van der Waals surface area contributed by atoms with E-state index in [-0.39, 0.29) is 19.2 Å². The summed E-state index contributed by atoms with van der Waals surface area (Å²) in [6, 6.07) is 12.5. The summed E-state index contributed by atoms with van der Waals surface area (Å²) in [5.41, 5.74) is 2.03. The van der Waals surface area contributed by atoms with Crippen molar-refractivity contribution in [1.29, 1.82) is 0 Å². The minimum absolute atomic E-state index is 0.159. The molecule has 0 aliphatic carbocycles. The van der Waals surface area contributed by atoms with Gasteiger partial charge in [-0.2, -0.15) is 0 Å². The summed E-state index contributed by atoms with van der Waals surface area (Å²) < 4.78 is 16.2. The lowest BCUT2D eigenvalue weighted by molar-refractivity contribution is -0.145. The van der Waals surface area contributed by atoms with Crippen LogP contribution < -0.4 is 10.1 Å². The maximum absolute atomic E-state index is 13.0. The third-order valence-electron chi connectivity index (χ3n) is 5.59. The predicted molar refractivity (Wildman–Crippen MR) is 137 cm³/mol. The lowest BCUT2D eigenvalue weighted by Crippen LogP contribution is -2.45. The number of rotatable bonds is 8. The molecule has 3 rings (SSSR count). The summed E-state index contributed by atoms with van der Waals surface area (Å²) >= 11 is 6.07. The van der Waals surface area contributed by atoms with Crippen molar-refractivity contribution in [2.45, 2.75) is 58.4 Å². The van der Waals surface area contributed by atoms with Crippen molar-refractivity contribution in [1.82, 2.24) is 10.2 Å². The van der Waals surface area contributed by atoms with Gasteiger partial charge in [-0.15, -0.1) is 0 Å². The second-order valence-electron chi connectivity index (χ2n) is 9.77. The molecule has 0 saturated carbocycles. The molecular formula is C27H35ClN2O6. The molecular weight excluding hydrogens is 484 g/mol. The zero-order chi connectivity index (χ0) is 26.3. The molecule has 1 aliphatic rings. The van der Waals surface area contributed by atoms with Crippen LogP contribution >= 0.6 is 11.6 Å². The molecule has 36 heavy (non-hydrogen) atoms. The zero-order valence-electron chi connectivity index (χ0n) is 21.3. The van der Waals surface area contributed by atoms with Gasteiger partial charge in [0.15, 0.2) is 6.61 Å². The van der Waals surface area contributed by atoms with Gasteiger partial charge in [-0.3, -0.25) is 0 Å². The van der Waals surface area contributed by atoms with E-state index in [2.05, 4.69) is 5.32 Å². The van der Waals surface area contributed by atoms with E-state index in [0.717, 1.165) is 11.1 Å². The number of aliphatic hydroxyl groups is 1. The van der Waals surface area contributed by atoms with Crippen LogP contribution in [0.4, 0.5) is 4.79 Å². The quantitative estimate of drug-likeness (QED) is 0.504. The topological polar surface area (TPSA) is 97.3 Å². The first-order chi connectivity index (χ1) is 17.0. The molecule has 8 nitrogen and oxygen atoms in total. The van der Waals surface area contributed by atoms with Crippen molar-refractivity contribution < 1.29 is 28.9 Å². The molecule has 2 N–H and O–H groups in total. The van der Waals surface area contributed by atoms with Crippen LogP contribution in [0.15, 0.2) is 42.5 Å². The Bertz CT molecular complexity index is 1050. The second kappa shape index (κ2) is 12.4. The van der Waals surface area contributed by atoms with Gasteiger partial charge < -0.3 is 29.5 Å². The Morgan fingerprint density at radius 1 is 1.19 bits per heavy atom. The molecule has 0 bridgehead atoms. The number of nitrogens with zero attached hydrogens (tertiary/aromatic N) is 1. The minimum Gasteiger partial charge on any atom is -0.482 e. The second-order valence-corrected chi connectivity index (χ2v) is 10.2. The summed E-state index contributed by atoms with van der Waals surface area (Å²) in [5, 5.41) is 14.6. The van der Waals surface area contributed by atoms with Gasteiger partial charge in [-0.1, -0.05) is 29.8 Å². The maximum Gasteiger partial charge on any atom is 0.410 e. The predicted octanol–water partition coefficient (Wildman–Crippen LogP) is 4.27. The van der Waals surface area contributed by atoms with Gasteiger partial charge in [-0.25, -0.2) is 9.59 Å². The number of amides is 1. The highest BCUT2D eigenvalue weighted by molar-refractivity contribution is 6.30. The Morgan fingerprint density at radius 3 is 2.67 bits per heavy atom. The van der Waals surface area contributed by atoms with E-state index in [9.17, 15) is 14.7 Å². The number of halogens is 1. The molecule has 1 amide bonds. The van der Waals surface area contributed by atoms with E-state index in [1.807, 2.05) is 39.0 Å². The number of carbonyl (C=O) groups excluding carboxylic acids is 2. The number of aliphatic hydroxyl groups excluding tert-OH is 1. The van der Waals surface area contributed by atoms with Gasteiger partial charge >= 0.3 is 12.1 Å². The molecule has 2 aromatic carbocycles. The van der Waals surface area contributed by atoms with E-state index in [1.54, 1.807) is 36.1 Å². The normalized spacial score (nSPS) is 16.5. The molecule has 0 aromatic heterocycles. The number of benzene rings is 2. The number of nitrogens with one attached hydrogen (secondary N) is 1. The van der Waals surface area contributed by atoms with Crippen LogP contribution in [0.25, 0.3) is 0 Å². The third kappa shape index (κ3) is 8.40. The molecule has 1 heterocycles. The molecule has 0 spiro atoms. The minimum atomic E-state index is -0.763. The summed E-state index contributed by atoms with van der Waals surface area (Å²) in [4.78, 5) is 26.3. The largest absolute Gasteiger partial charge is 0.482 e. The van der Waals surface area contributed by atoms with Gasteiger partial charge in [0.1, 0.15) is 11.4 Å². The average molecular weight is 519 g/mol. The summed E-state index contributed by atoms with van der Waals surface area (Å²) in [5.74, 6) is 0.114. The Labute approximate surface area is 217 Å². The van der Waals surface area contributed by atoms with E-state index in [0.29, 0.717) is 42.5 Å². The number of hydrogen-bond acceptors (Lipinski definition) is 7. The van der Waals surface area contributed by atoms with E-state index in [1.165, 1.54) is 0 Å². The van der Waals surface area contributed by atoms with E-state index in [4.69, 9.17) is 25.8 Å². The summed E-state index contributed by atoms with van der Waals surface area (Å²) in [6.45, 7) is 8.41. The highest BCUT2D eigenvalue weighted by Gasteiger charge is 2.29. The van der Waals surface area contributed by atoms with Gasteiger partial charge in [0.25, 0.3) is 0 Å². The molecule has 0 fully saturated rings. The fourth-order valence-electron chi connectivity index (χ4n) is 3.96. The van der Waals surface area contributed by atoms with Crippen LogP contribution in [-0.2, 0) is 27.2 Å². The molecule has 2 aromatic rings. The average Bonchev–Trinajstić information content (AvgIpc) is 2.99. The Balaban J connectivity index is 1.77.